The van der Waals surface area contributed by atoms with Crippen molar-refractivity contribution >= 4 is 5.97 Å². The number of rotatable bonds is 14. The predicted molar refractivity (Wildman–Crippen MR) is 88.3 cm³/mol. The molecule has 0 aromatic carbocycles. The molecule has 0 fully saturated rings. The average Bonchev–Trinajstić information content (AvgIpc) is 2.46. The highest BCUT2D eigenvalue weighted by molar-refractivity contribution is 5.74. The van der Waals surface area contributed by atoms with E-state index in [4.69, 9.17) is 0 Å². The molecule has 0 bridgehead atoms. The lowest BCUT2D eigenvalue weighted by molar-refractivity contribution is -0.150. The molecule has 126 valence electrons. The number of esters is 1. The summed E-state index contributed by atoms with van der Waals surface area (Å²) in [6.07, 6.45) is 13.7. The van der Waals surface area contributed by atoms with E-state index >= 15 is 0 Å². The second-order valence-electron chi connectivity index (χ2n) is 6.55. The SMILES string of the molecule is COC(=O)C(O)CCCCCCCCCCCCC(C)C. The maximum absolute atomic E-state index is 11.0. The molecule has 0 saturated heterocycles. The summed E-state index contributed by atoms with van der Waals surface area (Å²) >= 11 is 0. The molecule has 3 heteroatoms. The van der Waals surface area contributed by atoms with Crippen LogP contribution in [0.4, 0.5) is 0 Å². The van der Waals surface area contributed by atoms with Gasteiger partial charge in [0.2, 0.25) is 0 Å². The third kappa shape index (κ3) is 14.1. The minimum Gasteiger partial charge on any atom is -0.467 e. The van der Waals surface area contributed by atoms with Crippen LogP contribution in [0.3, 0.4) is 0 Å². The number of unbranched alkanes of at least 4 members (excludes halogenated alkanes) is 9. The van der Waals surface area contributed by atoms with E-state index < -0.39 is 12.1 Å². The summed E-state index contributed by atoms with van der Waals surface area (Å²) in [6.45, 7) is 4.59. The van der Waals surface area contributed by atoms with Crippen LogP contribution in [0.5, 0.6) is 0 Å². The number of carbonyl (C=O) groups excluding carboxylic acids is 1. The predicted octanol–water partition coefficient (Wildman–Crippen LogP) is 4.86. The smallest absolute Gasteiger partial charge is 0.334 e. The molecule has 3 nitrogen and oxygen atoms in total. The van der Waals surface area contributed by atoms with Crippen molar-refractivity contribution in [3.63, 3.8) is 0 Å². The van der Waals surface area contributed by atoms with Crippen molar-refractivity contribution in [2.24, 2.45) is 5.92 Å². The van der Waals surface area contributed by atoms with Crippen molar-refractivity contribution in [2.45, 2.75) is 97.0 Å². The molecular formula is C18H36O3. The molecule has 1 unspecified atom stereocenters. The van der Waals surface area contributed by atoms with Crippen molar-refractivity contribution in [1.82, 2.24) is 0 Å². The largest absolute Gasteiger partial charge is 0.467 e. The Balaban J connectivity index is 3.14. The Morgan fingerprint density at radius 2 is 1.19 bits per heavy atom. The van der Waals surface area contributed by atoms with Gasteiger partial charge >= 0.3 is 5.97 Å². The zero-order valence-corrected chi connectivity index (χ0v) is 14.4. The summed E-state index contributed by atoms with van der Waals surface area (Å²) in [7, 11) is 1.31. The summed E-state index contributed by atoms with van der Waals surface area (Å²) in [5, 5.41) is 9.42. The Morgan fingerprint density at radius 1 is 0.810 bits per heavy atom. The fourth-order valence-corrected chi connectivity index (χ4v) is 2.56. The van der Waals surface area contributed by atoms with Gasteiger partial charge in [-0.3, -0.25) is 0 Å². The standard InChI is InChI=1S/C18H36O3/c1-16(2)14-12-10-8-6-4-5-7-9-11-13-15-17(19)18(20)21-3/h16-17,19H,4-15H2,1-3H3. The highest BCUT2D eigenvalue weighted by Gasteiger charge is 2.13. The van der Waals surface area contributed by atoms with Crippen LogP contribution in [0, 0.1) is 5.92 Å². The first-order valence-electron chi connectivity index (χ1n) is 8.83. The molecule has 0 aromatic rings. The molecule has 21 heavy (non-hydrogen) atoms. The topological polar surface area (TPSA) is 46.5 Å². The molecule has 0 spiro atoms. The van der Waals surface area contributed by atoms with Gasteiger partial charge in [0, 0.05) is 0 Å². The van der Waals surface area contributed by atoms with E-state index in [1.54, 1.807) is 0 Å². The van der Waals surface area contributed by atoms with Gasteiger partial charge in [0.1, 0.15) is 0 Å². The van der Waals surface area contributed by atoms with Crippen LogP contribution in [0.2, 0.25) is 0 Å². The van der Waals surface area contributed by atoms with Gasteiger partial charge in [-0.2, -0.15) is 0 Å². The maximum Gasteiger partial charge on any atom is 0.334 e. The van der Waals surface area contributed by atoms with Crippen molar-refractivity contribution in [3.8, 4) is 0 Å². The number of methoxy groups -OCH3 is 1. The first-order chi connectivity index (χ1) is 10.1. The number of hydrogen-bond donors (Lipinski definition) is 1. The molecule has 1 atom stereocenters. The fourth-order valence-electron chi connectivity index (χ4n) is 2.56. The van der Waals surface area contributed by atoms with Crippen LogP contribution in [0.25, 0.3) is 0 Å². The van der Waals surface area contributed by atoms with Crippen LogP contribution in [0.1, 0.15) is 90.9 Å². The molecule has 1 N–H and O–H groups in total. The van der Waals surface area contributed by atoms with Crippen LogP contribution < -0.4 is 0 Å². The summed E-state index contributed by atoms with van der Waals surface area (Å²) in [5.74, 6) is 0.343. The quantitative estimate of drug-likeness (QED) is 0.368. The zero-order chi connectivity index (χ0) is 15.9. The van der Waals surface area contributed by atoms with Crippen molar-refractivity contribution in [3.05, 3.63) is 0 Å². The Hall–Kier alpha value is -0.570. The average molecular weight is 300 g/mol. The molecule has 0 aliphatic rings. The van der Waals surface area contributed by atoms with Crippen LogP contribution >= 0.6 is 0 Å². The Bertz CT molecular complexity index is 239. The third-order valence-corrected chi connectivity index (χ3v) is 3.98. The lowest BCUT2D eigenvalue weighted by atomic mass is 10.0. The van der Waals surface area contributed by atoms with Gasteiger partial charge in [0.25, 0.3) is 0 Å². The minimum absolute atomic E-state index is 0.507. The summed E-state index contributed by atoms with van der Waals surface area (Å²) in [6, 6.07) is 0. The monoisotopic (exact) mass is 300 g/mol. The van der Waals surface area contributed by atoms with E-state index in [2.05, 4.69) is 18.6 Å². The lowest BCUT2D eigenvalue weighted by Gasteiger charge is -2.07. The Labute approximate surface area is 131 Å². The summed E-state index contributed by atoms with van der Waals surface area (Å²) in [4.78, 5) is 11.0. The van der Waals surface area contributed by atoms with Gasteiger partial charge < -0.3 is 9.84 Å². The lowest BCUT2D eigenvalue weighted by Crippen LogP contribution is -2.21. The molecule has 0 aliphatic carbocycles. The third-order valence-electron chi connectivity index (χ3n) is 3.98. The maximum atomic E-state index is 11.0. The number of ether oxygens (including phenoxy) is 1. The van der Waals surface area contributed by atoms with E-state index in [0.717, 1.165) is 18.8 Å². The molecular weight excluding hydrogens is 264 g/mol. The number of aliphatic hydroxyl groups is 1. The molecule has 0 radical (unpaired) electrons. The second-order valence-corrected chi connectivity index (χ2v) is 6.55. The van der Waals surface area contributed by atoms with Gasteiger partial charge in [-0.25, -0.2) is 4.79 Å². The molecule has 0 aromatic heterocycles. The normalized spacial score (nSPS) is 12.6. The van der Waals surface area contributed by atoms with Crippen molar-refractivity contribution in [1.29, 1.82) is 0 Å². The highest BCUT2D eigenvalue weighted by Crippen LogP contribution is 2.14. The van der Waals surface area contributed by atoms with Gasteiger partial charge in [0.05, 0.1) is 7.11 Å². The van der Waals surface area contributed by atoms with Crippen molar-refractivity contribution in [2.75, 3.05) is 7.11 Å². The summed E-state index contributed by atoms with van der Waals surface area (Å²) in [5.41, 5.74) is 0. The summed E-state index contributed by atoms with van der Waals surface area (Å²) < 4.78 is 4.49. The Morgan fingerprint density at radius 3 is 1.57 bits per heavy atom. The van der Waals surface area contributed by atoms with Gasteiger partial charge in [-0.1, -0.05) is 84.5 Å². The minimum atomic E-state index is -0.930. The molecule has 0 rings (SSSR count). The van der Waals surface area contributed by atoms with Crippen LogP contribution in [-0.2, 0) is 9.53 Å². The second kappa shape index (κ2) is 14.4. The van der Waals surface area contributed by atoms with Crippen molar-refractivity contribution < 1.29 is 14.6 Å². The van der Waals surface area contributed by atoms with E-state index in [1.807, 2.05) is 0 Å². The van der Waals surface area contributed by atoms with Gasteiger partial charge in [-0.05, 0) is 12.3 Å². The van der Waals surface area contributed by atoms with Crippen LogP contribution in [0.15, 0.2) is 0 Å². The number of aliphatic hydroxyl groups excluding tert-OH is 1. The zero-order valence-electron chi connectivity index (χ0n) is 14.4. The van der Waals surface area contributed by atoms with E-state index in [9.17, 15) is 9.90 Å². The molecule has 0 saturated carbocycles. The number of carbonyl (C=O) groups is 1. The van der Waals surface area contributed by atoms with E-state index in [1.165, 1.54) is 64.9 Å². The first-order valence-corrected chi connectivity index (χ1v) is 8.83. The van der Waals surface area contributed by atoms with E-state index in [0.29, 0.717) is 6.42 Å². The molecule has 0 heterocycles. The van der Waals surface area contributed by atoms with E-state index in [-0.39, 0.29) is 0 Å². The van der Waals surface area contributed by atoms with Gasteiger partial charge in [-0.15, -0.1) is 0 Å². The molecule has 0 amide bonds. The Kier molecular flexibility index (Phi) is 14.0. The number of hydrogen-bond acceptors (Lipinski definition) is 3. The first kappa shape index (κ1) is 20.4. The van der Waals surface area contributed by atoms with Crippen LogP contribution in [-0.4, -0.2) is 24.3 Å². The fraction of sp³-hybridized carbons (Fsp3) is 0.944. The highest BCUT2D eigenvalue weighted by atomic mass is 16.5. The molecule has 0 aliphatic heterocycles. The van der Waals surface area contributed by atoms with Gasteiger partial charge in [0.15, 0.2) is 6.10 Å².